The first-order valence-electron chi connectivity index (χ1n) is 7.08. The summed E-state index contributed by atoms with van der Waals surface area (Å²) in [5, 5.41) is 11.0. The van der Waals surface area contributed by atoms with Gasteiger partial charge in [-0.1, -0.05) is 49.9 Å². The summed E-state index contributed by atoms with van der Waals surface area (Å²) in [6, 6.07) is 8.22. The standard InChI is InChI=1S/C17H16N2OS2/c1-10(2)12-5-3-11(4-6-12)9-13-15(20)14(16(18)22-13)17-19-7-8-21-17/h3-10,14,18H,1-2H3. The molecule has 0 bridgehead atoms. The molecule has 1 aromatic heterocycles. The van der Waals surface area contributed by atoms with E-state index in [-0.39, 0.29) is 5.78 Å². The average molecular weight is 328 g/mol. The zero-order valence-electron chi connectivity index (χ0n) is 12.4. The molecule has 0 amide bonds. The summed E-state index contributed by atoms with van der Waals surface area (Å²) in [5.41, 5.74) is 2.27. The second-order valence-electron chi connectivity index (χ2n) is 5.46. The van der Waals surface area contributed by atoms with E-state index in [4.69, 9.17) is 5.41 Å². The fourth-order valence-electron chi connectivity index (χ4n) is 2.32. The number of rotatable bonds is 3. The first-order valence-corrected chi connectivity index (χ1v) is 8.77. The zero-order valence-corrected chi connectivity index (χ0v) is 14.0. The van der Waals surface area contributed by atoms with Crippen LogP contribution in [0, 0.1) is 5.41 Å². The summed E-state index contributed by atoms with van der Waals surface area (Å²) >= 11 is 2.67. The lowest BCUT2D eigenvalue weighted by Gasteiger charge is -2.05. The average Bonchev–Trinajstić information content (AvgIpc) is 3.09. The lowest BCUT2D eigenvalue weighted by Crippen LogP contribution is -2.11. The number of aromatic nitrogens is 1. The summed E-state index contributed by atoms with van der Waals surface area (Å²) in [5.74, 6) is -0.0317. The van der Waals surface area contributed by atoms with E-state index in [1.54, 1.807) is 6.20 Å². The van der Waals surface area contributed by atoms with Crippen molar-refractivity contribution in [2.45, 2.75) is 25.7 Å². The van der Waals surface area contributed by atoms with E-state index < -0.39 is 5.92 Å². The first-order chi connectivity index (χ1) is 10.6. The molecule has 5 heteroatoms. The number of thioether (sulfide) groups is 1. The monoisotopic (exact) mass is 328 g/mol. The number of nitrogens with zero attached hydrogens (tertiary/aromatic N) is 1. The van der Waals surface area contributed by atoms with Gasteiger partial charge in [-0.15, -0.1) is 11.3 Å². The molecule has 1 aliphatic rings. The highest BCUT2D eigenvalue weighted by Gasteiger charge is 2.38. The predicted molar refractivity (Wildman–Crippen MR) is 93.7 cm³/mol. The maximum absolute atomic E-state index is 12.5. The molecule has 22 heavy (non-hydrogen) atoms. The number of carbonyl (C=O) groups is 1. The third-order valence-corrected chi connectivity index (χ3v) is 5.42. The van der Waals surface area contributed by atoms with Crippen molar-refractivity contribution in [3.05, 3.63) is 56.9 Å². The smallest absolute Gasteiger partial charge is 0.186 e. The Kier molecular flexibility index (Phi) is 4.27. The van der Waals surface area contributed by atoms with Crippen LogP contribution in [-0.2, 0) is 4.79 Å². The van der Waals surface area contributed by atoms with Crippen molar-refractivity contribution in [3.63, 3.8) is 0 Å². The van der Waals surface area contributed by atoms with Crippen LogP contribution < -0.4 is 0 Å². The fourth-order valence-corrected chi connectivity index (χ4v) is 4.12. The molecular formula is C17H16N2OS2. The van der Waals surface area contributed by atoms with Crippen molar-refractivity contribution < 1.29 is 4.79 Å². The summed E-state index contributed by atoms with van der Waals surface area (Å²) < 4.78 is 0. The molecule has 1 aromatic carbocycles. The lowest BCUT2D eigenvalue weighted by atomic mass is 10.0. The number of thiazole rings is 1. The van der Waals surface area contributed by atoms with Gasteiger partial charge in [0.25, 0.3) is 0 Å². The Balaban J connectivity index is 1.86. The normalized spacial score (nSPS) is 20.3. The van der Waals surface area contributed by atoms with E-state index >= 15 is 0 Å². The number of Topliss-reactive ketones (excluding diaryl/α,β-unsaturated/α-hetero) is 1. The summed E-state index contributed by atoms with van der Waals surface area (Å²) in [7, 11) is 0. The van der Waals surface area contributed by atoms with Crippen molar-refractivity contribution in [2.24, 2.45) is 0 Å². The molecule has 1 fully saturated rings. The van der Waals surface area contributed by atoms with Crippen molar-refractivity contribution in [2.75, 3.05) is 0 Å². The minimum absolute atomic E-state index is 0.0158. The second kappa shape index (κ2) is 6.18. The highest BCUT2D eigenvalue weighted by Crippen LogP contribution is 2.41. The van der Waals surface area contributed by atoms with Crippen LogP contribution in [0.15, 0.2) is 40.7 Å². The number of hydrogen-bond donors (Lipinski definition) is 1. The minimum atomic E-state index is -0.508. The van der Waals surface area contributed by atoms with Crippen molar-refractivity contribution in [1.29, 1.82) is 5.41 Å². The van der Waals surface area contributed by atoms with Gasteiger partial charge in [-0.2, -0.15) is 0 Å². The molecule has 2 heterocycles. The van der Waals surface area contributed by atoms with Gasteiger partial charge in [-0.25, -0.2) is 4.98 Å². The number of nitrogens with one attached hydrogen (secondary N) is 1. The number of benzene rings is 1. The molecule has 1 saturated heterocycles. The third kappa shape index (κ3) is 2.91. The van der Waals surface area contributed by atoms with Crippen LogP contribution in [0.1, 0.15) is 41.8 Å². The zero-order chi connectivity index (χ0) is 15.7. The Labute approximate surface area is 138 Å². The Morgan fingerprint density at radius 2 is 2.00 bits per heavy atom. The van der Waals surface area contributed by atoms with E-state index in [0.717, 1.165) is 5.56 Å². The third-order valence-electron chi connectivity index (χ3n) is 3.59. The predicted octanol–water partition coefficient (Wildman–Crippen LogP) is 4.68. The Bertz CT molecular complexity index is 731. The minimum Gasteiger partial charge on any atom is -0.297 e. The lowest BCUT2D eigenvalue weighted by molar-refractivity contribution is -0.114. The number of carbonyl (C=O) groups excluding carboxylic acids is 1. The van der Waals surface area contributed by atoms with Gasteiger partial charge < -0.3 is 0 Å². The van der Waals surface area contributed by atoms with Crippen LogP contribution in [0.25, 0.3) is 6.08 Å². The highest BCUT2D eigenvalue weighted by molar-refractivity contribution is 8.19. The molecule has 1 unspecified atom stereocenters. The molecule has 0 saturated carbocycles. The van der Waals surface area contributed by atoms with Crippen molar-refractivity contribution in [1.82, 2.24) is 4.98 Å². The van der Waals surface area contributed by atoms with Gasteiger partial charge in [-0.05, 0) is 23.1 Å². The van der Waals surface area contributed by atoms with Crippen molar-refractivity contribution >= 4 is 40.0 Å². The molecule has 1 aliphatic heterocycles. The number of allylic oxidation sites excluding steroid dienone is 1. The van der Waals surface area contributed by atoms with E-state index in [9.17, 15) is 4.79 Å². The van der Waals surface area contributed by atoms with Gasteiger partial charge in [0.1, 0.15) is 10.9 Å². The van der Waals surface area contributed by atoms with Crippen LogP contribution in [0.4, 0.5) is 0 Å². The van der Waals surface area contributed by atoms with Gasteiger partial charge in [0, 0.05) is 11.6 Å². The maximum atomic E-state index is 12.5. The number of hydrogen-bond acceptors (Lipinski definition) is 5. The first kappa shape index (κ1) is 15.2. The Morgan fingerprint density at radius 1 is 1.27 bits per heavy atom. The summed E-state index contributed by atoms with van der Waals surface area (Å²) in [4.78, 5) is 17.3. The largest absolute Gasteiger partial charge is 0.297 e. The Hall–Kier alpha value is -1.72. The molecule has 1 atom stereocenters. The van der Waals surface area contributed by atoms with Gasteiger partial charge in [0.15, 0.2) is 5.78 Å². The van der Waals surface area contributed by atoms with E-state index in [0.29, 0.717) is 20.9 Å². The van der Waals surface area contributed by atoms with Crippen LogP contribution >= 0.6 is 23.1 Å². The van der Waals surface area contributed by atoms with E-state index in [1.807, 2.05) is 23.6 Å². The highest BCUT2D eigenvalue weighted by atomic mass is 32.2. The summed E-state index contributed by atoms with van der Waals surface area (Å²) in [6.45, 7) is 4.31. The molecule has 0 radical (unpaired) electrons. The molecule has 1 N–H and O–H groups in total. The van der Waals surface area contributed by atoms with Crippen LogP contribution in [0.2, 0.25) is 0 Å². The molecule has 3 nitrogen and oxygen atoms in total. The van der Waals surface area contributed by atoms with Crippen LogP contribution in [0.3, 0.4) is 0 Å². The quantitative estimate of drug-likeness (QED) is 0.832. The number of ketones is 1. The van der Waals surface area contributed by atoms with Crippen molar-refractivity contribution in [3.8, 4) is 0 Å². The molecule has 2 aromatic rings. The van der Waals surface area contributed by atoms with Crippen LogP contribution in [0.5, 0.6) is 0 Å². The SMILES string of the molecule is CC(C)c1ccc(C=C2SC(=N)C(c3nccs3)C2=O)cc1. The van der Waals surface area contributed by atoms with Gasteiger partial charge in [0.2, 0.25) is 0 Å². The molecular weight excluding hydrogens is 312 g/mol. The van der Waals surface area contributed by atoms with E-state index in [1.165, 1.54) is 28.7 Å². The van der Waals surface area contributed by atoms with E-state index in [2.05, 4.69) is 31.0 Å². The van der Waals surface area contributed by atoms with Gasteiger partial charge >= 0.3 is 0 Å². The topological polar surface area (TPSA) is 53.8 Å². The Morgan fingerprint density at radius 3 is 2.59 bits per heavy atom. The molecule has 3 rings (SSSR count). The van der Waals surface area contributed by atoms with Crippen LogP contribution in [-0.4, -0.2) is 15.8 Å². The summed E-state index contributed by atoms with van der Waals surface area (Å²) in [6.07, 6.45) is 3.55. The molecule has 0 spiro atoms. The fraction of sp³-hybridized carbons (Fsp3) is 0.235. The molecule has 112 valence electrons. The second-order valence-corrected chi connectivity index (χ2v) is 7.47. The van der Waals surface area contributed by atoms with Gasteiger partial charge in [-0.3, -0.25) is 10.2 Å². The molecule has 0 aliphatic carbocycles. The maximum Gasteiger partial charge on any atom is 0.186 e. The van der Waals surface area contributed by atoms with Gasteiger partial charge in [0.05, 0.1) is 9.95 Å².